The number of rotatable bonds is 7. The fraction of sp³-hybridized carbons (Fsp3) is 0.571. The summed E-state index contributed by atoms with van der Waals surface area (Å²) in [6.07, 6.45) is 4.15. The topological polar surface area (TPSA) is 124 Å². The van der Waals surface area contributed by atoms with E-state index in [4.69, 9.17) is 4.74 Å². The van der Waals surface area contributed by atoms with Crippen molar-refractivity contribution in [1.82, 2.24) is 25.1 Å². The van der Waals surface area contributed by atoms with E-state index in [0.29, 0.717) is 12.2 Å². The van der Waals surface area contributed by atoms with E-state index in [0.717, 1.165) is 41.6 Å². The Hall–Kier alpha value is -2.82. The number of aromatic nitrogens is 4. The molecule has 1 aliphatic carbocycles. The molecule has 1 aliphatic heterocycles. The summed E-state index contributed by atoms with van der Waals surface area (Å²) in [5.41, 5.74) is 1.89. The lowest BCUT2D eigenvalue weighted by Crippen LogP contribution is -2.48. The van der Waals surface area contributed by atoms with Gasteiger partial charge in [0.15, 0.2) is 23.0 Å². The van der Waals surface area contributed by atoms with E-state index in [-0.39, 0.29) is 36.0 Å². The molecule has 11 heteroatoms. The summed E-state index contributed by atoms with van der Waals surface area (Å²) in [7, 11) is -3.13. The Morgan fingerprint density at radius 3 is 2.50 bits per heavy atom. The van der Waals surface area contributed by atoms with Gasteiger partial charge in [0, 0.05) is 17.6 Å². The number of carbonyl (C=O) groups excluding carboxylic acids is 2. The third-order valence-corrected chi connectivity index (χ3v) is 7.75. The predicted molar refractivity (Wildman–Crippen MR) is 115 cm³/mol. The normalized spacial score (nSPS) is 20.3. The minimum Gasteiger partial charge on any atom is -0.454 e. The highest BCUT2D eigenvalue weighted by Gasteiger charge is 2.39. The van der Waals surface area contributed by atoms with Gasteiger partial charge < -0.3 is 9.64 Å². The summed E-state index contributed by atoms with van der Waals surface area (Å²) in [6.45, 7) is 1.28. The Morgan fingerprint density at radius 1 is 1.12 bits per heavy atom. The van der Waals surface area contributed by atoms with Crippen LogP contribution in [0.3, 0.4) is 0 Å². The van der Waals surface area contributed by atoms with Crippen molar-refractivity contribution in [2.24, 2.45) is 0 Å². The molecule has 2 aromatic rings. The summed E-state index contributed by atoms with van der Waals surface area (Å²) in [5, 5.41) is 12.0. The summed E-state index contributed by atoms with van der Waals surface area (Å²) in [6, 6.07) is 7.27. The molecule has 4 rings (SSSR count). The largest absolute Gasteiger partial charge is 0.454 e. The summed E-state index contributed by atoms with van der Waals surface area (Å²) < 4.78 is 29.0. The van der Waals surface area contributed by atoms with Crippen LogP contribution in [0.15, 0.2) is 24.3 Å². The maximum atomic E-state index is 12.9. The number of sulfone groups is 1. The van der Waals surface area contributed by atoms with Crippen molar-refractivity contribution in [3.05, 3.63) is 29.8 Å². The van der Waals surface area contributed by atoms with Crippen LogP contribution in [0.1, 0.15) is 37.7 Å². The monoisotopic (exact) mass is 461 g/mol. The Bertz CT molecular complexity index is 1080. The number of benzene rings is 1. The van der Waals surface area contributed by atoms with Gasteiger partial charge in [0.2, 0.25) is 5.82 Å². The lowest BCUT2D eigenvalue weighted by Gasteiger charge is -2.33. The molecule has 0 spiro atoms. The third-order valence-electron chi connectivity index (χ3n) is 6.00. The maximum Gasteiger partial charge on any atom is 0.330 e. The highest BCUT2D eigenvalue weighted by Crippen LogP contribution is 2.29. The van der Waals surface area contributed by atoms with Crippen LogP contribution in [0, 0.1) is 6.92 Å². The number of nitrogens with zero attached hydrogens (tertiary/aromatic N) is 5. The number of hydrogen-bond acceptors (Lipinski definition) is 8. The first-order valence-corrected chi connectivity index (χ1v) is 12.6. The smallest absolute Gasteiger partial charge is 0.330 e. The first-order chi connectivity index (χ1) is 15.3. The number of amides is 1. The Morgan fingerprint density at radius 2 is 1.84 bits per heavy atom. The second-order valence-corrected chi connectivity index (χ2v) is 10.7. The molecule has 1 amide bonds. The van der Waals surface area contributed by atoms with Gasteiger partial charge in [-0.2, -0.15) is 4.80 Å². The van der Waals surface area contributed by atoms with Gasteiger partial charge in [0.1, 0.15) is 0 Å². The Labute approximate surface area is 186 Å². The zero-order valence-corrected chi connectivity index (χ0v) is 18.8. The molecule has 0 radical (unpaired) electrons. The van der Waals surface area contributed by atoms with Crippen molar-refractivity contribution in [3.8, 4) is 11.4 Å². The number of tetrazole rings is 1. The molecule has 32 heavy (non-hydrogen) atoms. The van der Waals surface area contributed by atoms with Gasteiger partial charge in [-0.1, -0.05) is 42.7 Å². The zero-order valence-electron chi connectivity index (χ0n) is 18.0. The molecule has 10 nitrogen and oxygen atoms in total. The third kappa shape index (κ3) is 5.32. The summed E-state index contributed by atoms with van der Waals surface area (Å²) in [4.78, 5) is 27.9. The first kappa shape index (κ1) is 22.4. The van der Waals surface area contributed by atoms with Crippen LogP contribution in [0.5, 0.6) is 0 Å². The van der Waals surface area contributed by atoms with Crippen LogP contribution in [-0.2, 0) is 30.7 Å². The fourth-order valence-electron chi connectivity index (χ4n) is 4.39. The molecule has 0 bridgehead atoms. The van der Waals surface area contributed by atoms with Crippen molar-refractivity contribution in [2.45, 2.75) is 57.7 Å². The van der Waals surface area contributed by atoms with Gasteiger partial charge in [-0.05, 0) is 31.4 Å². The zero-order chi connectivity index (χ0) is 22.7. The average molecular weight is 462 g/mol. The van der Waals surface area contributed by atoms with Gasteiger partial charge in [0.25, 0.3) is 5.91 Å². The molecule has 1 aromatic heterocycles. The standard InChI is InChI=1S/C21H27N5O5S/c1-15-6-8-16(9-7-15)21-22-24-25(23-21)12-20(28)31-13-19(27)26(17-4-2-3-5-17)18-10-11-32(29,30)14-18/h6-9,17-18H,2-5,10-14H2,1H3/t18-/m1/s1. The van der Waals surface area contributed by atoms with Crippen molar-refractivity contribution in [2.75, 3.05) is 18.1 Å². The number of ether oxygens (including phenoxy) is 1. The van der Waals surface area contributed by atoms with Crippen LogP contribution in [0.4, 0.5) is 0 Å². The number of esters is 1. The predicted octanol–water partition coefficient (Wildman–Crippen LogP) is 1.15. The lowest BCUT2D eigenvalue weighted by atomic mass is 10.1. The van der Waals surface area contributed by atoms with Gasteiger partial charge in [0.05, 0.1) is 11.5 Å². The Kier molecular flexibility index (Phi) is 6.54. The van der Waals surface area contributed by atoms with Crippen LogP contribution < -0.4 is 0 Å². The highest BCUT2D eigenvalue weighted by atomic mass is 32.2. The SMILES string of the molecule is Cc1ccc(-c2nnn(CC(=O)OCC(=O)N(C3CCCC3)[C@@H]3CCS(=O)(=O)C3)n2)cc1. The number of aryl methyl sites for hydroxylation is 1. The van der Waals surface area contributed by atoms with E-state index < -0.39 is 22.4 Å². The van der Waals surface area contributed by atoms with E-state index >= 15 is 0 Å². The van der Waals surface area contributed by atoms with Gasteiger partial charge in [-0.25, -0.2) is 13.2 Å². The molecular weight excluding hydrogens is 434 g/mol. The molecule has 2 heterocycles. The molecule has 172 valence electrons. The molecular formula is C21H27N5O5S. The molecule has 1 saturated carbocycles. The summed E-state index contributed by atoms with van der Waals surface area (Å²) >= 11 is 0. The van der Waals surface area contributed by atoms with E-state index in [9.17, 15) is 18.0 Å². The second kappa shape index (κ2) is 9.35. The number of carbonyl (C=O) groups is 2. The van der Waals surface area contributed by atoms with E-state index in [1.165, 1.54) is 0 Å². The van der Waals surface area contributed by atoms with Crippen molar-refractivity contribution in [3.63, 3.8) is 0 Å². The maximum absolute atomic E-state index is 12.9. The van der Waals surface area contributed by atoms with Gasteiger partial charge in [-0.3, -0.25) is 4.79 Å². The van der Waals surface area contributed by atoms with Crippen molar-refractivity contribution in [1.29, 1.82) is 0 Å². The van der Waals surface area contributed by atoms with Crippen LogP contribution in [-0.4, -0.2) is 75.6 Å². The minimum atomic E-state index is -3.13. The van der Waals surface area contributed by atoms with Crippen molar-refractivity contribution < 1.29 is 22.7 Å². The number of hydrogen-bond donors (Lipinski definition) is 0. The van der Waals surface area contributed by atoms with Gasteiger partial charge in [-0.15, -0.1) is 10.2 Å². The van der Waals surface area contributed by atoms with Gasteiger partial charge >= 0.3 is 5.97 Å². The van der Waals surface area contributed by atoms with E-state index in [1.54, 1.807) is 4.90 Å². The quantitative estimate of drug-likeness (QED) is 0.563. The molecule has 2 fully saturated rings. The molecule has 0 N–H and O–H groups in total. The average Bonchev–Trinajstić information content (AvgIpc) is 3.50. The van der Waals surface area contributed by atoms with Crippen LogP contribution in [0.2, 0.25) is 0 Å². The Balaban J connectivity index is 1.34. The molecule has 1 saturated heterocycles. The molecule has 1 atom stereocenters. The van der Waals surface area contributed by atoms with E-state index in [2.05, 4.69) is 15.4 Å². The molecule has 1 aromatic carbocycles. The molecule has 2 aliphatic rings. The van der Waals surface area contributed by atoms with Crippen molar-refractivity contribution >= 4 is 21.7 Å². The second-order valence-electron chi connectivity index (χ2n) is 8.47. The fourth-order valence-corrected chi connectivity index (χ4v) is 6.10. The molecule has 0 unspecified atom stereocenters. The van der Waals surface area contributed by atoms with E-state index in [1.807, 2.05) is 31.2 Å². The minimum absolute atomic E-state index is 0.00792. The summed E-state index contributed by atoms with van der Waals surface area (Å²) in [5.74, 6) is -0.539. The highest BCUT2D eigenvalue weighted by molar-refractivity contribution is 7.91. The first-order valence-electron chi connectivity index (χ1n) is 10.8. The van der Waals surface area contributed by atoms with Crippen LogP contribution >= 0.6 is 0 Å². The van der Waals surface area contributed by atoms with Crippen LogP contribution in [0.25, 0.3) is 11.4 Å². The lowest BCUT2D eigenvalue weighted by molar-refractivity contribution is -0.154.